The van der Waals surface area contributed by atoms with Gasteiger partial charge < -0.3 is 15.0 Å². The van der Waals surface area contributed by atoms with Crippen LogP contribution in [0.1, 0.15) is 54.3 Å². The molecule has 1 aliphatic rings. The molecule has 1 amide bonds. The van der Waals surface area contributed by atoms with E-state index in [2.05, 4.69) is 27.1 Å². The van der Waals surface area contributed by atoms with Crippen LogP contribution in [0.2, 0.25) is 0 Å². The fourth-order valence-corrected chi connectivity index (χ4v) is 3.29. The van der Waals surface area contributed by atoms with E-state index in [0.717, 1.165) is 49.1 Å². The summed E-state index contributed by atoms with van der Waals surface area (Å²) >= 11 is 0. The lowest BCUT2D eigenvalue weighted by molar-refractivity contribution is 0.0938. The van der Waals surface area contributed by atoms with Gasteiger partial charge in [-0.1, -0.05) is 19.1 Å². The number of aromatic nitrogens is 2. The van der Waals surface area contributed by atoms with Crippen LogP contribution in [0.3, 0.4) is 0 Å². The van der Waals surface area contributed by atoms with Gasteiger partial charge in [0.15, 0.2) is 0 Å². The summed E-state index contributed by atoms with van der Waals surface area (Å²) in [6.07, 6.45) is 3.96. The lowest BCUT2D eigenvalue weighted by Crippen LogP contribution is -2.34. The first-order valence-electron chi connectivity index (χ1n) is 9.51. The number of carbonyl (C=O) groups is 1. The van der Waals surface area contributed by atoms with Crippen molar-refractivity contribution in [1.82, 2.24) is 15.3 Å². The predicted octanol–water partition coefficient (Wildman–Crippen LogP) is 3.52. The van der Waals surface area contributed by atoms with Crippen molar-refractivity contribution in [3.05, 3.63) is 47.3 Å². The van der Waals surface area contributed by atoms with Gasteiger partial charge in [0, 0.05) is 19.3 Å². The number of amides is 1. The van der Waals surface area contributed by atoms with Gasteiger partial charge in [0.05, 0.1) is 24.4 Å². The Bertz CT molecular complexity index is 783. The minimum absolute atomic E-state index is 0.119. The molecule has 1 aromatic heterocycles. The highest BCUT2D eigenvalue weighted by molar-refractivity contribution is 5.95. The molecule has 1 aromatic carbocycles. The second kappa shape index (κ2) is 8.37. The van der Waals surface area contributed by atoms with Gasteiger partial charge in [-0.3, -0.25) is 4.79 Å². The molecule has 6 nitrogen and oxygen atoms in total. The van der Waals surface area contributed by atoms with E-state index < -0.39 is 0 Å². The molecule has 1 unspecified atom stereocenters. The van der Waals surface area contributed by atoms with Gasteiger partial charge in [0.25, 0.3) is 5.91 Å². The van der Waals surface area contributed by atoms with Crippen LogP contribution in [0.5, 0.6) is 5.75 Å². The van der Waals surface area contributed by atoms with Crippen molar-refractivity contribution in [3.8, 4) is 5.75 Å². The largest absolute Gasteiger partial charge is 0.497 e. The lowest BCUT2D eigenvalue weighted by atomic mass is 10.00. The minimum Gasteiger partial charge on any atom is -0.497 e. The Hall–Kier alpha value is -2.63. The molecule has 0 radical (unpaired) electrons. The van der Waals surface area contributed by atoms with Crippen molar-refractivity contribution in [2.24, 2.45) is 5.92 Å². The third-order valence-corrected chi connectivity index (χ3v) is 5.24. The Labute approximate surface area is 161 Å². The molecule has 2 heterocycles. The van der Waals surface area contributed by atoms with E-state index in [9.17, 15) is 4.79 Å². The molecule has 144 valence electrons. The average Bonchev–Trinajstić information content (AvgIpc) is 2.68. The van der Waals surface area contributed by atoms with Gasteiger partial charge in [-0.05, 0) is 50.3 Å². The Kier molecular flexibility index (Phi) is 5.94. The van der Waals surface area contributed by atoms with Crippen LogP contribution in [0.25, 0.3) is 0 Å². The van der Waals surface area contributed by atoms with Gasteiger partial charge >= 0.3 is 0 Å². The highest BCUT2D eigenvalue weighted by Gasteiger charge is 2.20. The van der Waals surface area contributed by atoms with Crippen molar-refractivity contribution in [2.45, 2.75) is 39.7 Å². The molecular weight excluding hydrogens is 340 g/mol. The smallest absolute Gasteiger partial charge is 0.255 e. The van der Waals surface area contributed by atoms with E-state index >= 15 is 0 Å². The first-order valence-corrected chi connectivity index (χ1v) is 9.51. The van der Waals surface area contributed by atoms with Crippen LogP contribution in [-0.4, -0.2) is 36.1 Å². The maximum atomic E-state index is 12.7. The summed E-state index contributed by atoms with van der Waals surface area (Å²) in [6.45, 7) is 8.05. The fourth-order valence-electron chi connectivity index (χ4n) is 3.29. The van der Waals surface area contributed by atoms with Crippen LogP contribution < -0.4 is 15.0 Å². The fraction of sp³-hybridized carbons (Fsp3) is 0.476. The van der Waals surface area contributed by atoms with Gasteiger partial charge in [-0.2, -0.15) is 0 Å². The number of piperidine rings is 1. The second-order valence-corrected chi connectivity index (χ2v) is 7.31. The highest BCUT2D eigenvalue weighted by Crippen LogP contribution is 2.21. The number of aryl methyl sites for hydroxylation is 1. The number of nitrogens with one attached hydrogen (secondary N) is 1. The van der Waals surface area contributed by atoms with E-state index in [1.807, 2.05) is 38.1 Å². The van der Waals surface area contributed by atoms with Gasteiger partial charge in [-0.15, -0.1) is 0 Å². The molecule has 6 heteroatoms. The van der Waals surface area contributed by atoms with Crippen LogP contribution in [-0.2, 0) is 0 Å². The van der Waals surface area contributed by atoms with Crippen molar-refractivity contribution in [2.75, 3.05) is 25.1 Å². The van der Waals surface area contributed by atoms with Crippen molar-refractivity contribution in [3.63, 3.8) is 0 Å². The first kappa shape index (κ1) is 19.1. The van der Waals surface area contributed by atoms with Crippen molar-refractivity contribution >= 4 is 11.9 Å². The third-order valence-electron chi connectivity index (χ3n) is 5.24. The molecule has 2 aromatic rings. The molecule has 0 bridgehead atoms. The van der Waals surface area contributed by atoms with Gasteiger partial charge in [0.2, 0.25) is 5.95 Å². The monoisotopic (exact) mass is 368 g/mol. The topological polar surface area (TPSA) is 67.3 Å². The molecule has 1 fully saturated rings. The summed E-state index contributed by atoms with van der Waals surface area (Å²) in [5.41, 5.74) is 2.24. The number of ether oxygens (including phenoxy) is 1. The number of carbonyl (C=O) groups excluding carboxylic acids is 1. The van der Waals surface area contributed by atoms with Crippen molar-refractivity contribution in [1.29, 1.82) is 0 Å². The number of methoxy groups -OCH3 is 1. The second-order valence-electron chi connectivity index (χ2n) is 7.31. The molecule has 1 aliphatic heterocycles. The molecule has 27 heavy (non-hydrogen) atoms. The minimum atomic E-state index is -0.158. The zero-order chi connectivity index (χ0) is 19.4. The number of anilines is 1. The molecule has 0 spiro atoms. The summed E-state index contributed by atoms with van der Waals surface area (Å²) < 4.78 is 5.17. The Balaban J connectivity index is 1.67. The van der Waals surface area contributed by atoms with Crippen LogP contribution in [0.15, 0.2) is 30.5 Å². The standard InChI is InChI=1S/C21H28N4O2/c1-14-9-11-25(12-10-14)21-22-13-19(16(3)24-21)20(26)23-15(2)17-5-7-18(27-4)8-6-17/h5-8,13-15H,9-12H2,1-4H3,(H,23,26). The molecule has 0 aliphatic carbocycles. The highest BCUT2D eigenvalue weighted by atomic mass is 16.5. The molecule has 0 saturated carbocycles. The average molecular weight is 368 g/mol. The van der Waals surface area contributed by atoms with E-state index in [-0.39, 0.29) is 11.9 Å². The molecular formula is C21H28N4O2. The third kappa shape index (κ3) is 4.56. The van der Waals surface area contributed by atoms with E-state index in [4.69, 9.17) is 4.74 Å². The number of nitrogens with zero attached hydrogens (tertiary/aromatic N) is 3. The molecule has 3 rings (SSSR count). The summed E-state index contributed by atoms with van der Waals surface area (Å²) in [5.74, 6) is 2.12. The first-order chi connectivity index (χ1) is 13.0. The molecule has 1 saturated heterocycles. The van der Waals surface area contributed by atoms with Crippen LogP contribution in [0.4, 0.5) is 5.95 Å². The number of hydrogen-bond acceptors (Lipinski definition) is 5. The Morgan fingerprint density at radius 2 is 1.93 bits per heavy atom. The molecule has 1 atom stereocenters. The number of hydrogen-bond donors (Lipinski definition) is 1. The zero-order valence-electron chi connectivity index (χ0n) is 16.5. The molecule has 1 N–H and O–H groups in total. The van der Waals surface area contributed by atoms with Gasteiger partial charge in [-0.25, -0.2) is 9.97 Å². The quantitative estimate of drug-likeness (QED) is 0.875. The number of rotatable bonds is 5. The zero-order valence-corrected chi connectivity index (χ0v) is 16.5. The summed E-state index contributed by atoms with van der Waals surface area (Å²) in [6, 6.07) is 7.56. The van der Waals surface area contributed by atoms with Crippen molar-refractivity contribution < 1.29 is 9.53 Å². The van der Waals surface area contributed by atoms with Crippen LogP contribution in [0, 0.1) is 12.8 Å². The summed E-state index contributed by atoms with van der Waals surface area (Å²) in [7, 11) is 1.64. The van der Waals surface area contributed by atoms with E-state index in [1.165, 1.54) is 0 Å². The van der Waals surface area contributed by atoms with Gasteiger partial charge in [0.1, 0.15) is 5.75 Å². The van der Waals surface area contributed by atoms with E-state index in [0.29, 0.717) is 11.3 Å². The van der Waals surface area contributed by atoms with Crippen LogP contribution >= 0.6 is 0 Å². The Morgan fingerprint density at radius 1 is 1.26 bits per heavy atom. The lowest BCUT2D eigenvalue weighted by Gasteiger charge is -2.30. The SMILES string of the molecule is COc1ccc(C(C)NC(=O)c2cnc(N3CCC(C)CC3)nc2C)cc1. The predicted molar refractivity (Wildman–Crippen MR) is 106 cm³/mol. The summed E-state index contributed by atoms with van der Waals surface area (Å²) in [5, 5.41) is 3.02. The maximum absolute atomic E-state index is 12.7. The maximum Gasteiger partial charge on any atom is 0.255 e. The van der Waals surface area contributed by atoms with E-state index in [1.54, 1.807) is 13.3 Å². The normalized spacial score (nSPS) is 16.1. The summed E-state index contributed by atoms with van der Waals surface area (Å²) in [4.78, 5) is 23.9. The Morgan fingerprint density at radius 3 is 2.52 bits per heavy atom. The number of benzene rings is 1.